The summed E-state index contributed by atoms with van der Waals surface area (Å²) in [4.78, 5) is 26.2. The predicted octanol–water partition coefficient (Wildman–Crippen LogP) is 6.18. The average molecular weight is 469 g/mol. The largest absolute Gasteiger partial charge is 0.352 e. The number of anilines is 1. The van der Waals surface area contributed by atoms with E-state index in [0.29, 0.717) is 29.1 Å². The van der Waals surface area contributed by atoms with Gasteiger partial charge in [-0.1, -0.05) is 72.4 Å². The lowest BCUT2D eigenvalue weighted by atomic mass is 10.0. The molecule has 5 rings (SSSR count). The third kappa shape index (κ3) is 4.58. The molecule has 0 radical (unpaired) electrons. The Bertz CT molecular complexity index is 1370. The van der Waals surface area contributed by atoms with Crippen LogP contribution in [0.3, 0.4) is 0 Å². The fraction of sp³-hybridized carbons (Fsp3) is 0.0714. The normalized spacial score (nSPS) is 12.2. The van der Waals surface area contributed by atoms with Crippen molar-refractivity contribution in [2.75, 3.05) is 11.9 Å². The number of hydrogen-bond donors (Lipinski definition) is 2. The van der Waals surface area contributed by atoms with E-state index in [0.717, 1.165) is 11.1 Å². The minimum atomic E-state index is -0.441. The summed E-state index contributed by atoms with van der Waals surface area (Å²) in [6, 6.07) is 28.0. The van der Waals surface area contributed by atoms with E-state index in [4.69, 9.17) is 0 Å². The van der Waals surface area contributed by atoms with Crippen molar-refractivity contribution in [2.45, 2.75) is 16.2 Å². The third-order valence-electron chi connectivity index (χ3n) is 5.67. The molecule has 0 fully saturated rings. The van der Waals surface area contributed by atoms with Crippen molar-refractivity contribution in [3.8, 4) is 11.1 Å². The van der Waals surface area contributed by atoms with E-state index in [1.54, 1.807) is 24.3 Å². The lowest BCUT2D eigenvalue weighted by molar-refractivity contribution is 0.0952. The molecule has 0 saturated heterocycles. The first-order chi connectivity index (χ1) is 16.6. The highest BCUT2D eigenvalue weighted by molar-refractivity contribution is 7.99. The number of carbonyl (C=O) groups excluding carboxylic acids is 2. The van der Waals surface area contributed by atoms with Crippen molar-refractivity contribution >= 4 is 29.3 Å². The Kier molecular flexibility index (Phi) is 6.14. The number of rotatable bonds is 5. The lowest BCUT2D eigenvalue weighted by Crippen LogP contribution is -2.25. The van der Waals surface area contributed by atoms with Crippen LogP contribution in [-0.4, -0.2) is 18.4 Å². The van der Waals surface area contributed by atoms with Gasteiger partial charge in [0, 0.05) is 17.0 Å². The molecule has 0 saturated carbocycles. The molecule has 0 aliphatic carbocycles. The van der Waals surface area contributed by atoms with Crippen molar-refractivity contribution in [1.29, 1.82) is 0 Å². The van der Waals surface area contributed by atoms with Crippen LogP contribution >= 0.6 is 11.8 Å². The molecule has 34 heavy (non-hydrogen) atoms. The van der Waals surface area contributed by atoms with Gasteiger partial charge in [-0.05, 0) is 53.4 Å². The molecule has 0 atom stereocenters. The van der Waals surface area contributed by atoms with Gasteiger partial charge in [0.1, 0.15) is 5.82 Å². The smallest absolute Gasteiger partial charge is 0.256 e. The first kappa shape index (κ1) is 21.9. The first-order valence-corrected chi connectivity index (χ1v) is 11.7. The summed E-state index contributed by atoms with van der Waals surface area (Å²) < 4.78 is 14.2. The quantitative estimate of drug-likeness (QED) is 0.368. The molecule has 4 aromatic carbocycles. The zero-order valence-corrected chi connectivity index (χ0v) is 19.0. The van der Waals surface area contributed by atoms with E-state index in [2.05, 4.69) is 47.0 Å². The van der Waals surface area contributed by atoms with Gasteiger partial charge in [-0.2, -0.15) is 0 Å². The van der Waals surface area contributed by atoms with Crippen LogP contribution in [0.5, 0.6) is 0 Å². The molecule has 4 nitrogen and oxygen atoms in total. The summed E-state index contributed by atoms with van der Waals surface area (Å²) >= 11 is 1.18. The number of halogens is 1. The van der Waals surface area contributed by atoms with E-state index in [1.165, 1.54) is 29.5 Å². The van der Waals surface area contributed by atoms with Gasteiger partial charge in [-0.25, -0.2) is 4.39 Å². The number of benzene rings is 4. The van der Waals surface area contributed by atoms with Crippen molar-refractivity contribution < 1.29 is 14.0 Å². The Morgan fingerprint density at radius 1 is 0.882 bits per heavy atom. The van der Waals surface area contributed by atoms with Gasteiger partial charge in [0.05, 0.1) is 16.1 Å². The highest BCUT2D eigenvalue weighted by Gasteiger charge is 2.23. The zero-order chi connectivity index (χ0) is 23.5. The summed E-state index contributed by atoms with van der Waals surface area (Å²) in [7, 11) is 0. The molecule has 4 aromatic rings. The summed E-state index contributed by atoms with van der Waals surface area (Å²) in [5, 5.41) is 5.73. The van der Waals surface area contributed by atoms with E-state index in [-0.39, 0.29) is 16.4 Å². The SMILES string of the molecule is O=C(NCCc1ccc(-c2ccccc2)cc1)c1ccc2c(c1)NC(=O)c1cccc(F)c1S2. The Balaban J connectivity index is 1.23. The maximum Gasteiger partial charge on any atom is 0.256 e. The van der Waals surface area contributed by atoms with Gasteiger partial charge in [0.2, 0.25) is 0 Å². The van der Waals surface area contributed by atoms with Crippen LogP contribution < -0.4 is 10.6 Å². The zero-order valence-electron chi connectivity index (χ0n) is 18.2. The number of amides is 2. The average Bonchev–Trinajstić information content (AvgIpc) is 3.01. The van der Waals surface area contributed by atoms with Crippen molar-refractivity contribution in [1.82, 2.24) is 5.32 Å². The second-order valence-electron chi connectivity index (χ2n) is 7.95. The second kappa shape index (κ2) is 9.53. The van der Waals surface area contributed by atoms with E-state index >= 15 is 0 Å². The van der Waals surface area contributed by atoms with Crippen LogP contribution in [0.4, 0.5) is 10.1 Å². The molecule has 0 unspecified atom stereocenters. The predicted molar refractivity (Wildman–Crippen MR) is 133 cm³/mol. The first-order valence-electron chi connectivity index (χ1n) is 10.9. The van der Waals surface area contributed by atoms with E-state index in [1.807, 2.05) is 18.2 Å². The minimum absolute atomic E-state index is 0.226. The standard InChI is InChI=1S/C28H21FN2O2S/c29-23-8-4-7-22-26(23)34-25-14-13-21(17-24(25)31-28(22)33)27(32)30-16-15-18-9-11-20(12-10-18)19-5-2-1-3-6-19/h1-14,17H,15-16H2,(H,30,32)(H,31,33). The summed E-state index contributed by atoms with van der Waals surface area (Å²) in [5.41, 5.74) is 4.66. The fourth-order valence-corrected chi connectivity index (χ4v) is 4.88. The van der Waals surface area contributed by atoms with Gasteiger partial charge in [0.15, 0.2) is 0 Å². The highest BCUT2D eigenvalue weighted by atomic mass is 32.2. The van der Waals surface area contributed by atoms with Gasteiger partial charge in [0.25, 0.3) is 11.8 Å². The lowest BCUT2D eigenvalue weighted by Gasteiger charge is -2.10. The van der Waals surface area contributed by atoms with Crippen molar-refractivity contribution in [3.05, 3.63) is 114 Å². The monoisotopic (exact) mass is 468 g/mol. The second-order valence-corrected chi connectivity index (χ2v) is 9.00. The van der Waals surface area contributed by atoms with Crippen LogP contribution in [-0.2, 0) is 6.42 Å². The Hall–Kier alpha value is -3.90. The molecule has 1 aliphatic rings. The topological polar surface area (TPSA) is 58.2 Å². The maximum atomic E-state index is 14.2. The van der Waals surface area contributed by atoms with Gasteiger partial charge in [-0.15, -0.1) is 0 Å². The van der Waals surface area contributed by atoms with Crippen LogP contribution in [0.15, 0.2) is 101 Å². The molecule has 0 aromatic heterocycles. The molecule has 168 valence electrons. The minimum Gasteiger partial charge on any atom is -0.352 e. The van der Waals surface area contributed by atoms with Crippen molar-refractivity contribution in [2.24, 2.45) is 0 Å². The van der Waals surface area contributed by atoms with Crippen molar-refractivity contribution in [3.63, 3.8) is 0 Å². The number of fused-ring (bicyclic) bond motifs is 2. The fourth-order valence-electron chi connectivity index (χ4n) is 3.87. The van der Waals surface area contributed by atoms with Crippen LogP contribution in [0.2, 0.25) is 0 Å². The van der Waals surface area contributed by atoms with Gasteiger partial charge < -0.3 is 10.6 Å². The third-order valence-corrected chi connectivity index (χ3v) is 6.87. The molecule has 2 N–H and O–H groups in total. The summed E-state index contributed by atoms with van der Waals surface area (Å²) in [5.74, 6) is -1.06. The number of hydrogen-bond acceptors (Lipinski definition) is 3. The maximum absolute atomic E-state index is 14.2. The number of carbonyl (C=O) groups is 2. The molecule has 0 spiro atoms. The molecule has 1 aliphatic heterocycles. The molecular weight excluding hydrogens is 447 g/mol. The molecule has 2 amide bonds. The molecule has 6 heteroatoms. The van der Waals surface area contributed by atoms with Gasteiger partial charge >= 0.3 is 0 Å². The molecule has 0 bridgehead atoms. The Morgan fingerprint density at radius 3 is 2.44 bits per heavy atom. The van der Waals surface area contributed by atoms with E-state index < -0.39 is 11.7 Å². The summed E-state index contributed by atoms with van der Waals surface area (Å²) in [6.07, 6.45) is 0.701. The van der Waals surface area contributed by atoms with Crippen LogP contribution in [0.25, 0.3) is 11.1 Å². The van der Waals surface area contributed by atoms with E-state index in [9.17, 15) is 14.0 Å². The summed E-state index contributed by atoms with van der Waals surface area (Å²) in [6.45, 7) is 0.484. The van der Waals surface area contributed by atoms with Gasteiger partial charge in [-0.3, -0.25) is 9.59 Å². The number of nitrogens with one attached hydrogen (secondary N) is 2. The molecular formula is C28H21FN2O2S. The van der Waals surface area contributed by atoms with Crippen LogP contribution in [0, 0.1) is 5.82 Å². The Labute approximate surface area is 201 Å². The highest BCUT2D eigenvalue weighted by Crippen LogP contribution is 2.40. The van der Waals surface area contributed by atoms with Crippen LogP contribution in [0.1, 0.15) is 26.3 Å². The Morgan fingerprint density at radius 2 is 1.65 bits per heavy atom. The molecule has 1 heterocycles.